The molecule has 1 atom stereocenters. The summed E-state index contributed by atoms with van der Waals surface area (Å²) in [5.74, 6) is -0.111. The zero-order chi connectivity index (χ0) is 16.9. The van der Waals surface area contributed by atoms with Gasteiger partial charge in [-0.05, 0) is 19.9 Å². The summed E-state index contributed by atoms with van der Waals surface area (Å²) in [6, 6.07) is 0. The molecule has 0 amide bonds. The van der Waals surface area contributed by atoms with E-state index in [4.69, 9.17) is 9.84 Å². The van der Waals surface area contributed by atoms with E-state index >= 15 is 0 Å². The van der Waals surface area contributed by atoms with Crippen LogP contribution in [-0.4, -0.2) is 71.8 Å². The number of carboxylic acids is 1. The Morgan fingerprint density at radius 1 is 1.50 bits per heavy atom. The third-order valence-corrected chi connectivity index (χ3v) is 5.94. The van der Waals surface area contributed by atoms with E-state index in [-0.39, 0.29) is 12.6 Å². The van der Waals surface area contributed by atoms with E-state index in [2.05, 4.69) is 9.88 Å². The monoisotopic (exact) mass is 353 g/mol. The Morgan fingerprint density at radius 3 is 3.04 bits per heavy atom. The molecule has 1 aliphatic carbocycles. The molecule has 0 bridgehead atoms. The first-order valence-corrected chi connectivity index (χ1v) is 9.60. The van der Waals surface area contributed by atoms with Crippen LogP contribution in [0.3, 0.4) is 0 Å². The van der Waals surface area contributed by atoms with Crippen molar-refractivity contribution in [1.29, 1.82) is 0 Å². The van der Waals surface area contributed by atoms with Crippen molar-refractivity contribution in [3.05, 3.63) is 16.1 Å². The van der Waals surface area contributed by atoms with Gasteiger partial charge in [0, 0.05) is 43.2 Å². The van der Waals surface area contributed by atoms with Crippen LogP contribution < -0.4 is 0 Å². The third-order valence-electron chi connectivity index (χ3n) is 4.80. The molecule has 7 heteroatoms. The molecule has 0 aromatic carbocycles. The summed E-state index contributed by atoms with van der Waals surface area (Å²) in [4.78, 5) is 21.0. The lowest BCUT2D eigenvalue weighted by Gasteiger charge is -2.34. The van der Waals surface area contributed by atoms with E-state index in [0.717, 1.165) is 19.6 Å². The summed E-state index contributed by atoms with van der Waals surface area (Å²) >= 11 is 1.87. The lowest BCUT2D eigenvalue weighted by atomic mass is 10.1. The van der Waals surface area contributed by atoms with Gasteiger partial charge in [-0.25, -0.2) is 4.98 Å². The molecule has 134 valence electrons. The van der Waals surface area contributed by atoms with Gasteiger partial charge in [0.05, 0.1) is 24.3 Å². The molecule has 2 fully saturated rings. The number of nitrogens with zero attached hydrogens (tertiary/aromatic N) is 3. The maximum absolute atomic E-state index is 10.8. The summed E-state index contributed by atoms with van der Waals surface area (Å²) in [6.07, 6.45) is 7.39. The van der Waals surface area contributed by atoms with E-state index in [0.29, 0.717) is 19.1 Å². The fraction of sp³-hybridized carbons (Fsp3) is 0.765. The number of aliphatic carboxylic acids is 1. The minimum absolute atomic E-state index is 0.0550. The minimum atomic E-state index is -0.797. The normalized spacial score (nSPS) is 23.2. The van der Waals surface area contributed by atoms with Gasteiger partial charge in [-0.15, -0.1) is 11.3 Å². The van der Waals surface area contributed by atoms with Crippen LogP contribution in [0.2, 0.25) is 0 Å². The molecule has 0 radical (unpaired) electrons. The van der Waals surface area contributed by atoms with E-state index in [9.17, 15) is 4.79 Å². The van der Waals surface area contributed by atoms with E-state index in [1.807, 2.05) is 24.6 Å². The van der Waals surface area contributed by atoms with Gasteiger partial charge in [-0.2, -0.15) is 0 Å². The van der Waals surface area contributed by atoms with Gasteiger partial charge in [-0.3, -0.25) is 14.6 Å². The Balaban J connectivity index is 1.49. The summed E-state index contributed by atoms with van der Waals surface area (Å²) in [5, 5.41) is 10.2. The average Bonchev–Trinajstić information content (AvgIpc) is 3.17. The number of hydrogen-bond donors (Lipinski definition) is 1. The van der Waals surface area contributed by atoms with Crippen molar-refractivity contribution in [1.82, 2.24) is 14.8 Å². The van der Waals surface area contributed by atoms with Crippen LogP contribution in [0.15, 0.2) is 6.20 Å². The van der Waals surface area contributed by atoms with Crippen molar-refractivity contribution < 1.29 is 14.6 Å². The first kappa shape index (κ1) is 17.8. The van der Waals surface area contributed by atoms with Crippen LogP contribution in [-0.2, 0) is 16.1 Å². The maximum atomic E-state index is 10.8. The first-order valence-electron chi connectivity index (χ1n) is 8.79. The first-order chi connectivity index (χ1) is 11.6. The van der Waals surface area contributed by atoms with Crippen molar-refractivity contribution in [2.75, 3.05) is 39.8 Å². The zero-order valence-corrected chi connectivity index (χ0v) is 15.1. The van der Waals surface area contributed by atoms with E-state index in [1.54, 1.807) is 4.90 Å². The zero-order valence-electron chi connectivity index (χ0n) is 14.3. The molecule has 2 heterocycles. The Hall–Kier alpha value is -1.02. The molecule has 1 N–H and O–H groups in total. The number of carboxylic acid groups (broad SMARTS) is 1. The van der Waals surface area contributed by atoms with Gasteiger partial charge < -0.3 is 9.84 Å². The van der Waals surface area contributed by atoms with Gasteiger partial charge in [0.25, 0.3) is 0 Å². The van der Waals surface area contributed by atoms with Crippen molar-refractivity contribution in [3.63, 3.8) is 0 Å². The Morgan fingerprint density at radius 2 is 2.29 bits per heavy atom. The number of morpholine rings is 1. The van der Waals surface area contributed by atoms with Crippen molar-refractivity contribution in [2.45, 2.75) is 44.2 Å². The number of ether oxygens (including phenoxy) is 1. The quantitative estimate of drug-likeness (QED) is 0.809. The van der Waals surface area contributed by atoms with Crippen LogP contribution in [0.4, 0.5) is 0 Å². The molecule has 1 aromatic heterocycles. The van der Waals surface area contributed by atoms with E-state index in [1.165, 1.54) is 35.6 Å². The Labute approximate surface area is 147 Å². The van der Waals surface area contributed by atoms with Crippen molar-refractivity contribution in [3.8, 4) is 0 Å². The Kier molecular flexibility index (Phi) is 6.21. The summed E-state index contributed by atoms with van der Waals surface area (Å²) < 4.78 is 5.80. The fourth-order valence-corrected chi connectivity index (χ4v) is 4.78. The van der Waals surface area contributed by atoms with Gasteiger partial charge >= 0.3 is 5.97 Å². The van der Waals surface area contributed by atoms with Gasteiger partial charge in [0.15, 0.2) is 0 Å². The van der Waals surface area contributed by atoms with Crippen LogP contribution in [0, 0.1) is 0 Å². The predicted octanol–water partition coefficient (Wildman–Crippen LogP) is 2.02. The molecule has 1 unspecified atom stereocenters. The lowest BCUT2D eigenvalue weighted by Crippen LogP contribution is -2.47. The predicted molar refractivity (Wildman–Crippen MR) is 93.5 cm³/mol. The molecule has 3 rings (SSSR count). The number of likely N-dealkylation sites (N-methyl/N-ethyl adjacent to an activating group) is 1. The molecule has 0 spiro atoms. The molecule has 1 saturated heterocycles. The van der Waals surface area contributed by atoms with Crippen molar-refractivity contribution >= 4 is 17.3 Å². The second kappa shape index (κ2) is 8.38. The third kappa shape index (κ3) is 4.99. The second-order valence-electron chi connectivity index (χ2n) is 6.96. The fourth-order valence-electron chi connectivity index (χ4n) is 3.66. The maximum Gasteiger partial charge on any atom is 0.317 e. The highest BCUT2D eigenvalue weighted by molar-refractivity contribution is 7.11. The van der Waals surface area contributed by atoms with Gasteiger partial charge in [-0.1, -0.05) is 12.8 Å². The molecular weight excluding hydrogens is 326 g/mol. The summed E-state index contributed by atoms with van der Waals surface area (Å²) in [6.45, 7) is 4.11. The molecule has 2 aliphatic rings. The topological polar surface area (TPSA) is 65.9 Å². The minimum Gasteiger partial charge on any atom is -0.480 e. The van der Waals surface area contributed by atoms with E-state index < -0.39 is 5.97 Å². The number of aromatic nitrogens is 1. The number of rotatable bonds is 7. The Bertz CT molecular complexity index is 545. The standard InChI is InChI=1S/C17H27N3O3S/c1-19(12-16(21)22)9-14-10-20(6-7-23-14)11-15-8-18-17(24-15)13-4-2-3-5-13/h8,13-14H,2-7,9-12H2,1H3,(H,21,22). The highest BCUT2D eigenvalue weighted by Crippen LogP contribution is 2.36. The largest absolute Gasteiger partial charge is 0.480 e. The molecule has 1 aromatic rings. The molecular formula is C17H27N3O3S. The highest BCUT2D eigenvalue weighted by Gasteiger charge is 2.24. The molecule has 1 saturated carbocycles. The van der Waals surface area contributed by atoms with Crippen LogP contribution in [0.1, 0.15) is 41.5 Å². The molecule has 24 heavy (non-hydrogen) atoms. The van der Waals surface area contributed by atoms with Crippen molar-refractivity contribution in [2.24, 2.45) is 0 Å². The summed E-state index contributed by atoms with van der Waals surface area (Å²) in [7, 11) is 1.83. The number of hydrogen-bond acceptors (Lipinski definition) is 6. The second-order valence-corrected chi connectivity index (χ2v) is 8.11. The smallest absolute Gasteiger partial charge is 0.317 e. The van der Waals surface area contributed by atoms with Crippen LogP contribution in [0.25, 0.3) is 0 Å². The van der Waals surface area contributed by atoms with Gasteiger partial charge in [0.1, 0.15) is 0 Å². The average molecular weight is 353 g/mol. The lowest BCUT2D eigenvalue weighted by molar-refractivity contribution is -0.138. The molecule has 6 nitrogen and oxygen atoms in total. The van der Waals surface area contributed by atoms with Crippen LogP contribution >= 0.6 is 11.3 Å². The highest BCUT2D eigenvalue weighted by atomic mass is 32.1. The summed E-state index contributed by atoms with van der Waals surface area (Å²) in [5.41, 5.74) is 0. The SMILES string of the molecule is CN(CC(=O)O)CC1CN(Cc2cnc(C3CCCC3)s2)CCO1. The van der Waals surface area contributed by atoms with Gasteiger partial charge in [0.2, 0.25) is 0 Å². The molecule has 1 aliphatic heterocycles. The van der Waals surface area contributed by atoms with Crippen LogP contribution in [0.5, 0.6) is 0 Å². The number of carbonyl (C=O) groups is 1. The number of thiazole rings is 1.